The van der Waals surface area contributed by atoms with Crippen LogP contribution in [0.2, 0.25) is 0 Å². The predicted molar refractivity (Wildman–Crippen MR) is 93.4 cm³/mol. The molecule has 2 rings (SSSR count). The van der Waals surface area contributed by atoms with Gasteiger partial charge in [0.15, 0.2) is 0 Å². The molecule has 116 valence electrons. The number of ether oxygens (including phenoxy) is 1. The number of hydrogen-bond donors (Lipinski definition) is 1. The van der Waals surface area contributed by atoms with E-state index in [1.54, 1.807) is 0 Å². The molecule has 2 aromatic carbocycles. The standard InChI is InChI=1S/C18H20BrNO2/c1-13-5-8-16(9-6-13)22-11-3-4-18(21)20-15-7-10-17(19)14(2)12-15/h5-10,12H,3-4,11H2,1-2H3,(H,20,21). The smallest absolute Gasteiger partial charge is 0.224 e. The van der Waals surface area contributed by atoms with Crippen molar-refractivity contribution >= 4 is 27.5 Å². The maximum atomic E-state index is 11.9. The summed E-state index contributed by atoms with van der Waals surface area (Å²) in [5, 5.41) is 2.90. The number of rotatable bonds is 6. The second kappa shape index (κ2) is 7.99. The molecule has 0 bridgehead atoms. The minimum absolute atomic E-state index is 0.00854. The van der Waals surface area contributed by atoms with Crippen LogP contribution in [0.4, 0.5) is 5.69 Å². The first-order valence-corrected chi connectivity index (χ1v) is 8.09. The van der Waals surface area contributed by atoms with E-state index in [0.29, 0.717) is 19.4 Å². The second-order valence-corrected chi connectivity index (χ2v) is 6.13. The van der Waals surface area contributed by atoms with Crippen molar-refractivity contribution in [2.75, 3.05) is 11.9 Å². The number of nitrogens with one attached hydrogen (secondary N) is 1. The molecule has 0 fully saturated rings. The summed E-state index contributed by atoms with van der Waals surface area (Å²) in [6.07, 6.45) is 1.14. The number of benzene rings is 2. The van der Waals surface area contributed by atoms with Gasteiger partial charge in [0.05, 0.1) is 6.61 Å². The van der Waals surface area contributed by atoms with Gasteiger partial charge in [-0.25, -0.2) is 0 Å². The Morgan fingerprint density at radius 1 is 1.14 bits per heavy atom. The van der Waals surface area contributed by atoms with E-state index in [2.05, 4.69) is 21.2 Å². The van der Waals surface area contributed by atoms with Crippen molar-refractivity contribution in [1.29, 1.82) is 0 Å². The van der Waals surface area contributed by atoms with Gasteiger partial charge >= 0.3 is 0 Å². The van der Waals surface area contributed by atoms with Crippen molar-refractivity contribution in [3.63, 3.8) is 0 Å². The van der Waals surface area contributed by atoms with Crippen molar-refractivity contribution in [3.8, 4) is 5.75 Å². The maximum absolute atomic E-state index is 11.9. The van der Waals surface area contributed by atoms with Gasteiger partial charge in [0, 0.05) is 16.6 Å². The molecule has 0 spiro atoms. The molecule has 0 aromatic heterocycles. The topological polar surface area (TPSA) is 38.3 Å². The Balaban J connectivity index is 1.71. The quantitative estimate of drug-likeness (QED) is 0.745. The van der Waals surface area contributed by atoms with Crippen molar-refractivity contribution in [2.45, 2.75) is 26.7 Å². The Morgan fingerprint density at radius 2 is 1.86 bits per heavy atom. The van der Waals surface area contributed by atoms with Crippen LogP contribution < -0.4 is 10.1 Å². The van der Waals surface area contributed by atoms with Crippen LogP contribution in [0.3, 0.4) is 0 Å². The highest BCUT2D eigenvalue weighted by Crippen LogP contribution is 2.20. The van der Waals surface area contributed by atoms with Gasteiger partial charge in [0.2, 0.25) is 5.91 Å². The first kappa shape index (κ1) is 16.6. The largest absolute Gasteiger partial charge is 0.494 e. The number of carbonyl (C=O) groups excluding carboxylic acids is 1. The van der Waals surface area contributed by atoms with E-state index in [9.17, 15) is 4.79 Å². The number of amides is 1. The van der Waals surface area contributed by atoms with E-state index in [1.165, 1.54) is 5.56 Å². The molecule has 0 radical (unpaired) electrons. The van der Waals surface area contributed by atoms with Crippen LogP contribution in [0.5, 0.6) is 5.75 Å². The zero-order chi connectivity index (χ0) is 15.9. The Bertz CT molecular complexity index is 638. The molecule has 0 aliphatic carbocycles. The van der Waals surface area contributed by atoms with E-state index < -0.39 is 0 Å². The fourth-order valence-electron chi connectivity index (χ4n) is 2.00. The number of carbonyl (C=O) groups is 1. The number of halogens is 1. The summed E-state index contributed by atoms with van der Waals surface area (Å²) in [6.45, 7) is 4.57. The van der Waals surface area contributed by atoms with Crippen LogP contribution in [-0.2, 0) is 4.79 Å². The molecule has 0 heterocycles. The van der Waals surface area contributed by atoms with Gasteiger partial charge in [0.25, 0.3) is 0 Å². The number of aryl methyl sites for hydroxylation is 2. The molecule has 0 saturated heterocycles. The first-order valence-electron chi connectivity index (χ1n) is 7.30. The summed E-state index contributed by atoms with van der Waals surface area (Å²) < 4.78 is 6.65. The fourth-order valence-corrected chi connectivity index (χ4v) is 2.25. The van der Waals surface area contributed by atoms with Crippen LogP contribution in [0, 0.1) is 13.8 Å². The summed E-state index contributed by atoms with van der Waals surface area (Å²) in [6, 6.07) is 13.7. The molecular weight excluding hydrogens is 342 g/mol. The molecule has 0 saturated carbocycles. The molecule has 3 nitrogen and oxygen atoms in total. The van der Waals surface area contributed by atoms with Crippen molar-refractivity contribution < 1.29 is 9.53 Å². The van der Waals surface area contributed by atoms with Crippen LogP contribution in [0.1, 0.15) is 24.0 Å². The highest BCUT2D eigenvalue weighted by molar-refractivity contribution is 9.10. The van der Waals surface area contributed by atoms with Crippen LogP contribution in [0.15, 0.2) is 46.9 Å². The fraction of sp³-hybridized carbons (Fsp3) is 0.278. The van der Waals surface area contributed by atoms with Crippen LogP contribution in [-0.4, -0.2) is 12.5 Å². The van der Waals surface area contributed by atoms with Crippen molar-refractivity contribution in [2.24, 2.45) is 0 Å². The van der Waals surface area contributed by atoms with Gasteiger partial charge < -0.3 is 10.1 Å². The van der Waals surface area contributed by atoms with Gasteiger partial charge in [-0.1, -0.05) is 33.6 Å². The normalized spacial score (nSPS) is 10.3. The minimum Gasteiger partial charge on any atom is -0.494 e. The van der Waals surface area contributed by atoms with Gasteiger partial charge in [-0.15, -0.1) is 0 Å². The molecule has 1 N–H and O–H groups in total. The highest BCUT2D eigenvalue weighted by Gasteiger charge is 2.04. The lowest BCUT2D eigenvalue weighted by Gasteiger charge is -2.08. The summed E-state index contributed by atoms with van der Waals surface area (Å²) in [5.41, 5.74) is 3.13. The molecule has 0 aliphatic heterocycles. The van der Waals surface area contributed by atoms with Gasteiger partial charge in [-0.2, -0.15) is 0 Å². The SMILES string of the molecule is Cc1ccc(OCCCC(=O)Nc2ccc(Br)c(C)c2)cc1. The average molecular weight is 362 g/mol. The zero-order valence-corrected chi connectivity index (χ0v) is 14.4. The lowest BCUT2D eigenvalue weighted by molar-refractivity contribution is -0.116. The van der Waals surface area contributed by atoms with E-state index in [0.717, 1.165) is 21.5 Å². The first-order chi connectivity index (χ1) is 10.5. The monoisotopic (exact) mass is 361 g/mol. The molecular formula is C18H20BrNO2. The van der Waals surface area contributed by atoms with E-state index >= 15 is 0 Å². The van der Waals surface area contributed by atoms with Gasteiger partial charge in [-0.3, -0.25) is 4.79 Å². The molecule has 1 amide bonds. The summed E-state index contributed by atoms with van der Waals surface area (Å²) in [7, 11) is 0. The predicted octanol–water partition coefficient (Wildman–Crippen LogP) is 4.86. The Kier molecular flexibility index (Phi) is 6.01. The molecule has 0 aliphatic rings. The third-order valence-corrected chi connectivity index (χ3v) is 4.17. The summed E-state index contributed by atoms with van der Waals surface area (Å²) in [5.74, 6) is 0.851. The van der Waals surface area contributed by atoms with Crippen molar-refractivity contribution in [3.05, 3.63) is 58.1 Å². The van der Waals surface area contributed by atoms with E-state index in [4.69, 9.17) is 4.74 Å². The number of hydrogen-bond acceptors (Lipinski definition) is 2. The molecule has 22 heavy (non-hydrogen) atoms. The van der Waals surface area contributed by atoms with Crippen LogP contribution in [0.25, 0.3) is 0 Å². The average Bonchev–Trinajstić information content (AvgIpc) is 2.49. The lowest BCUT2D eigenvalue weighted by atomic mass is 10.2. The second-order valence-electron chi connectivity index (χ2n) is 5.28. The molecule has 0 atom stereocenters. The highest BCUT2D eigenvalue weighted by atomic mass is 79.9. The zero-order valence-electron chi connectivity index (χ0n) is 12.9. The maximum Gasteiger partial charge on any atom is 0.224 e. The summed E-state index contributed by atoms with van der Waals surface area (Å²) in [4.78, 5) is 11.9. The van der Waals surface area contributed by atoms with E-state index in [1.807, 2.05) is 56.3 Å². The molecule has 0 unspecified atom stereocenters. The van der Waals surface area contributed by atoms with Gasteiger partial charge in [-0.05, 0) is 56.2 Å². The third-order valence-electron chi connectivity index (χ3n) is 3.28. The Labute approximate surface area is 139 Å². The lowest BCUT2D eigenvalue weighted by Crippen LogP contribution is -2.12. The van der Waals surface area contributed by atoms with Crippen molar-refractivity contribution in [1.82, 2.24) is 0 Å². The van der Waals surface area contributed by atoms with Gasteiger partial charge in [0.1, 0.15) is 5.75 Å². The number of anilines is 1. The van der Waals surface area contributed by atoms with Crippen LogP contribution >= 0.6 is 15.9 Å². The molecule has 4 heteroatoms. The Hall–Kier alpha value is -1.81. The third kappa shape index (κ3) is 5.19. The summed E-state index contributed by atoms with van der Waals surface area (Å²) >= 11 is 3.44. The minimum atomic E-state index is 0.00854. The Morgan fingerprint density at radius 3 is 2.55 bits per heavy atom. The molecule has 2 aromatic rings. The van der Waals surface area contributed by atoms with E-state index in [-0.39, 0.29) is 5.91 Å².